The van der Waals surface area contributed by atoms with Crippen molar-refractivity contribution in [2.24, 2.45) is 0 Å². The molecule has 2 fully saturated rings. The smallest absolute Gasteiger partial charge is 0.236 e. The lowest BCUT2D eigenvalue weighted by Gasteiger charge is -2.25. The zero-order chi connectivity index (χ0) is 13.7. The topological polar surface area (TPSA) is 66.5 Å². The largest absolute Gasteiger partial charge is 0.342 e. The summed E-state index contributed by atoms with van der Waals surface area (Å²) >= 11 is 0. The Morgan fingerprint density at radius 3 is 2.42 bits per heavy atom. The van der Waals surface area contributed by atoms with Crippen molar-refractivity contribution in [3.8, 4) is 0 Å². The first-order valence-corrected chi connectivity index (χ1v) is 9.10. The zero-order valence-electron chi connectivity index (χ0n) is 11.4. The maximum atomic E-state index is 12.1. The molecule has 110 valence electrons. The first-order valence-electron chi connectivity index (χ1n) is 7.28. The normalized spacial score (nSPS) is 27.8. The van der Waals surface area contributed by atoms with Crippen LogP contribution in [0.4, 0.5) is 0 Å². The molecule has 0 aromatic rings. The number of hydrogen-bond donors (Lipinski definition) is 1. The average Bonchev–Trinajstić information content (AvgIpc) is 2.63. The van der Waals surface area contributed by atoms with Gasteiger partial charge in [-0.1, -0.05) is 12.8 Å². The van der Waals surface area contributed by atoms with Crippen molar-refractivity contribution in [2.75, 3.05) is 31.1 Å². The Morgan fingerprint density at radius 1 is 1.11 bits per heavy atom. The molecule has 2 rings (SSSR count). The summed E-state index contributed by atoms with van der Waals surface area (Å²) in [6, 6.07) is -0.0466. The summed E-state index contributed by atoms with van der Waals surface area (Å²) in [6.45, 7) is 1.98. The molecule has 2 aliphatic rings. The summed E-state index contributed by atoms with van der Waals surface area (Å²) in [5, 5.41) is 3.12. The van der Waals surface area contributed by atoms with E-state index in [2.05, 4.69) is 5.32 Å². The molecule has 0 aromatic carbocycles. The summed E-state index contributed by atoms with van der Waals surface area (Å²) in [5.41, 5.74) is 0. The van der Waals surface area contributed by atoms with Gasteiger partial charge in [-0.3, -0.25) is 4.79 Å². The third-order valence-electron chi connectivity index (χ3n) is 3.96. The number of carbonyl (C=O) groups excluding carboxylic acids is 1. The minimum atomic E-state index is -2.90. The summed E-state index contributed by atoms with van der Waals surface area (Å²) in [7, 11) is -2.90. The first-order chi connectivity index (χ1) is 9.07. The van der Waals surface area contributed by atoms with Gasteiger partial charge in [0.2, 0.25) is 5.91 Å². The Kier molecular flexibility index (Phi) is 5.21. The second-order valence-electron chi connectivity index (χ2n) is 5.63. The highest BCUT2D eigenvalue weighted by Gasteiger charge is 2.25. The van der Waals surface area contributed by atoms with Crippen LogP contribution < -0.4 is 5.32 Å². The van der Waals surface area contributed by atoms with Crippen molar-refractivity contribution in [2.45, 2.75) is 44.6 Å². The zero-order valence-corrected chi connectivity index (χ0v) is 12.3. The molecule has 0 aromatic heterocycles. The minimum absolute atomic E-state index is 0.0466. The highest BCUT2D eigenvalue weighted by Crippen LogP contribution is 2.12. The standard InChI is InChI=1S/C13H24N2O3S/c16-13(15-7-3-1-2-4-8-15)10-14-12-6-5-9-19(17,18)11-12/h12,14H,1-11H2. The summed E-state index contributed by atoms with van der Waals surface area (Å²) in [4.78, 5) is 14.0. The van der Waals surface area contributed by atoms with E-state index >= 15 is 0 Å². The van der Waals surface area contributed by atoms with Crippen molar-refractivity contribution in [1.82, 2.24) is 10.2 Å². The van der Waals surface area contributed by atoms with Crippen LogP contribution in [0, 0.1) is 0 Å². The van der Waals surface area contributed by atoms with Gasteiger partial charge in [0.25, 0.3) is 0 Å². The molecular weight excluding hydrogens is 264 g/mol. The van der Waals surface area contributed by atoms with Gasteiger partial charge in [-0.2, -0.15) is 0 Å². The quantitative estimate of drug-likeness (QED) is 0.824. The van der Waals surface area contributed by atoms with Crippen LogP contribution in [0.2, 0.25) is 0 Å². The number of sulfone groups is 1. The SMILES string of the molecule is O=C(CNC1CCCS(=O)(=O)C1)N1CCCCCC1. The number of rotatable bonds is 3. The molecule has 0 aliphatic carbocycles. The lowest BCUT2D eigenvalue weighted by atomic mass is 10.2. The third kappa shape index (κ3) is 4.76. The van der Waals surface area contributed by atoms with Gasteiger partial charge in [0.15, 0.2) is 9.84 Å². The fraction of sp³-hybridized carbons (Fsp3) is 0.923. The van der Waals surface area contributed by atoms with Gasteiger partial charge in [-0.25, -0.2) is 8.42 Å². The molecule has 5 nitrogen and oxygen atoms in total. The maximum absolute atomic E-state index is 12.1. The molecule has 1 atom stereocenters. The van der Waals surface area contributed by atoms with E-state index in [1.165, 1.54) is 12.8 Å². The molecule has 0 saturated carbocycles. The number of likely N-dealkylation sites (tertiary alicyclic amines) is 1. The fourth-order valence-electron chi connectivity index (χ4n) is 2.85. The Hall–Kier alpha value is -0.620. The molecule has 0 spiro atoms. The van der Waals surface area contributed by atoms with Gasteiger partial charge in [-0.05, 0) is 25.7 Å². The van der Waals surface area contributed by atoms with Crippen LogP contribution in [0.1, 0.15) is 38.5 Å². The van der Waals surface area contributed by atoms with Crippen LogP contribution in [0.25, 0.3) is 0 Å². The van der Waals surface area contributed by atoms with E-state index in [0.29, 0.717) is 12.2 Å². The van der Waals surface area contributed by atoms with E-state index in [1.807, 2.05) is 4.90 Å². The lowest BCUT2D eigenvalue weighted by Crippen LogP contribution is -2.46. The van der Waals surface area contributed by atoms with Crippen LogP contribution in [0.5, 0.6) is 0 Å². The number of amides is 1. The maximum Gasteiger partial charge on any atom is 0.236 e. The van der Waals surface area contributed by atoms with E-state index in [1.54, 1.807) is 0 Å². The Morgan fingerprint density at radius 2 is 1.79 bits per heavy atom. The Labute approximate surface area is 115 Å². The van der Waals surface area contributed by atoms with E-state index in [0.717, 1.165) is 32.4 Å². The van der Waals surface area contributed by atoms with Crippen molar-refractivity contribution in [3.05, 3.63) is 0 Å². The highest BCUT2D eigenvalue weighted by atomic mass is 32.2. The molecule has 2 heterocycles. The molecule has 19 heavy (non-hydrogen) atoms. The molecule has 0 radical (unpaired) electrons. The molecule has 2 saturated heterocycles. The van der Waals surface area contributed by atoms with Crippen LogP contribution in [0.3, 0.4) is 0 Å². The van der Waals surface area contributed by atoms with Gasteiger partial charge in [0, 0.05) is 19.1 Å². The van der Waals surface area contributed by atoms with Crippen molar-refractivity contribution in [1.29, 1.82) is 0 Å². The second-order valence-corrected chi connectivity index (χ2v) is 7.86. The molecule has 0 bridgehead atoms. The van der Waals surface area contributed by atoms with E-state index in [-0.39, 0.29) is 24.2 Å². The van der Waals surface area contributed by atoms with Crippen LogP contribution in [-0.4, -0.2) is 56.4 Å². The summed E-state index contributed by atoms with van der Waals surface area (Å²) < 4.78 is 23.0. The second kappa shape index (κ2) is 6.70. The monoisotopic (exact) mass is 288 g/mol. The van der Waals surface area contributed by atoms with Crippen LogP contribution in [-0.2, 0) is 14.6 Å². The number of hydrogen-bond acceptors (Lipinski definition) is 4. The van der Waals surface area contributed by atoms with Crippen molar-refractivity contribution in [3.63, 3.8) is 0 Å². The molecule has 1 N–H and O–H groups in total. The Bertz CT molecular complexity index is 400. The average molecular weight is 288 g/mol. The van der Waals surface area contributed by atoms with E-state index in [9.17, 15) is 13.2 Å². The van der Waals surface area contributed by atoms with Gasteiger partial charge in [0.05, 0.1) is 18.1 Å². The summed E-state index contributed by atoms with van der Waals surface area (Å²) in [5.74, 6) is 0.593. The molecule has 6 heteroatoms. The molecule has 1 unspecified atom stereocenters. The van der Waals surface area contributed by atoms with Crippen LogP contribution >= 0.6 is 0 Å². The van der Waals surface area contributed by atoms with Gasteiger partial charge in [-0.15, -0.1) is 0 Å². The number of carbonyl (C=O) groups is 1. The summed E-state index contributed by atoms with van der Waals surface area (Å²) in [6.07, 6.45) is 6.15. The minimum Gasteiger partial charge on any atom is -0.342 e. The van der Waals surface area contributed by atoms with Gasteiger partial charge in [0.1, 0.15) is 0 Å². The van der Waals surface area contributed by atoms with Crippen molar-refractivity contribution < 1.29 is 13.2 Å². The van der Waals surface area contributed by atoms with E-state index in [4.69, 9.17) is 0 Å². The van der Waals surface area contributed by atoms with Crippen LogP contribution in [0.15, 0.2) is 0 Å². The third-order valence-corrected chi connectivity index (χ3v) is 5.78. The predicted molar refractivity (Wildman–Crippen MR) is 74.7 cm³/mol. The fourth-order valence-corrected chi connectivity index (χ4v) is 4.52. The number of nitrogens with zero attached hydrogens (tertiary/aromatic N) is 1. The number of nitrogens with one attached hydrogen (secondary N) is 1. The molecule has 1 amide bonds. The van der Waals surface area contributed by atoms with Gasteiger partial charge >= 0.3 is 0 Å². The molecular formula is C13H24N2O3S. The highest BCUT2D eigenvalue weighted by molar-refractivity contribution is 7.91. The lowest BCUT2D eigenvalue weighted by molar-refractivity contribution is -0.130. The van der Waals surface area contributed by atoms with E-state index < -0.39 is 9.84 Å². The first kappa shape index (κ1) is 14.8. The predicted octanol–water partition coefficient (Wildman–Crippen LogP) is 0.556. The van der Waals surface area contributed by atoms with Gasteiger partial charge < -0.3 is 10.2 Å². The van der Waals surface area contributed by atoms with Crippen molar-refractivity contribution >= 4 is 15.7 Å². The Balaban J connectivity index is 1.76. The molecule has 2 aliphatic heterocycles.